The molecule has 132 valence electrons. The van der Waals surface area contributed by atoms with Crippen LogP contribution in [-0.2, 0) is 4.79 Å². The zero-order valence-electron chi connectivity index (χ0n) is 14.6. The molecule has 25 heavy (non-hydrogen) atoms. The Balaban J connectivity index is 2.23. The molecule has 0 heterocycles. The van der Waals surface area contributed by atoms with Crippen molar-refractivity contribution in [3.63, 3.8) is 0 Å². The first-order valence-corrected chi connectivity index (χ1v) is 7.92. The normalized spacial score (nSPS) is 10.6. The molecule has 0 saturated heterocycles. The van der Waals surface area contributed by atoms with Gasteiger partial charge in [0.15, 0.2) is 11.5 Å². The van der Waals surface area contributed by atoms with Crippen LogP contribution in [0, 0.1) is 6.92 Å². The van der Waals surface area contributed by atoms with E-state index < -0.39 is 0 Å². The first kappa shape index (κ1) is 18.7. The van der Waals surface area contributed by atoms with Gasteiger partial charge in [-0.2, -0.15) is 0 Å². The van der Waals surface area contributed by atoms with Crippen molar-refractivity contribution in [3.05, 3.63) is 52.6 Å². The molecule has 5 nitrogen and oxygen atoms in total. The van der Waals surface area contributed by atoms with Crippen LogP contribution in [0.3, 0.4) is 0 Å². The van der Waals surface area contributed by atoms with E-state index in [9.17, 15) is 4.79 Å². The van der Waals surface area contributed by atoms with Gasteiger partial charge in [0.05, 0.1) is 21.3 Å². The van der Waals surface area contributed by atoms with Gasteiger partial charge in [-0.1, -0.05) is 17.7 Å². The average molecular weight is 362 g/mol. The number of hydrogen-bond acceptors (Lipinski definition) is 4. The lowest BCUT2D eigenvalue weighted by Gasteiger charge is -2.14. The van der Waals surface area contributed by atoms with E-state index in [2.05, 4.69) is 5.32 Å². The summed E-state index contributed by atoms with van der Waals surface area (Å²) in [6.45, 7) is 1.90. The maximum Gasteiger partial charge on any atom is 0.248 e. The second kappa shape index (κ2) is 8.44. The average Bonchev–Trinajstić information content (AvgIpc) is 2.61. The number of aryl methyl sites for hydroxylation is 1. The van der Waals surface area contributed by atoms with Crippen LogP contribution in [0.5, 0.6) is 17.2 Å². The Morgan fingerprint density at radius 3 is 2.40 bits per heavy atom. The summed E-state index contributed by atoms with van der Waals surface area (Å²) in [5.41, 5.74) is 2.29. The van der Waals surface area contributed by atoms with Gasteiger partial charge >= 0.3 is 0 Å². The second-order valence-electron chi connectivity index (χ2n) is 5.21. The van der Waals surface area contributed by atoms with Crippen LogP contribution < -0.4 is 19.5 Å². The zero-order valence-corrected chi connectivity index (χ0v) is 15.3. The third-order valence-corrected chi connectivity index (χ3v) is 3.84. The van der Waals surface area contributed by atoms with Gasteiger partial charge in [0, 0.05) is 22.3 Å². The summed E-state index contributed by atoms with van der Waals surface area (Å²) in [5.74, 6) is 1.24. The molecule has 0 bridgehead atoms. The Hall–Kier alpha value is -2.66. The van der Waals surface area contributed by atoms with Crippen LogP contribution in [0.4, 0.5) is 5.69 Å². The molecule has 1 amide bonds. The fourth-order valence-corrected chi connectivity index (χ4v) is 2.50. The molecule has 0 aliphatic rings. The molecule has 0 radical (unpaired) electrons. The summed E-state index contributed by atoms with van der Waals surface area (Å²) in [6, 6.07) is 8.87. The molecule has 6 heteroatoms. The van der Waals surface area contributed by atoms with Crippen molar-refractivity contribution >= 4 is 29.3 Å². The van der Waals surface area contributed by atoms with Crippen LogP contribution >= 0.6 is 11.6 Å². The van der Waals surface area contributed by atoms with Crippen LogP contribution in [0.1, 0.15) is 11.1 Å². The number of hydrogen-bond donors (Lipinski definition) is 1. The highest BCUT2D eigenvalue weighted by molar-refractivity contribution is 6.31. The van der Waals surface area contributed by atoms with E-state index in [1.807, 2.05) is 13.0 Å². The number of halogens is 1. The van der Waals surface area contributed by atoms with Crippen molar-refractivity contribution in [3.8, 4) is 17.2 Å². The first-order chi connectivity index (χ1) is 12.0. The highest BCUT2D eigenvalue weighted by atomic mass is 35.5. The van der Waals surface area contributed by atoms with Crippen molar-refractivity contribution in [1.82, 2.24) is 0 Å². The molecule has 0 aromatic heterocycles. The Morgan fingerprint density at radius 2 is 1.76 bits per heavy atom. The van der Waals surface area contributed by atoms with Crippen LogP contribution in [0.2, 0.25) is 5.02 Å². The second-order valence-corrected chi connectivity index (χ2v) is 5.64. The smallest absolute Gasteiger partial charge is 0.248 e. The van der Waals surface area contributed by atoms with Crippen molar-refractivity contribution in [2.75, 3.05) is 26.6 Å². The Bertz CT molecular complexity index is 802. The molecule has 0 aliphatic carbocycles. The van der Waals surface area contributed by atoms with Crippen LogP contribution in [-0.4, -0.2) is 27.2 Å². The molecule has 0 saturated carbocycles. The molecular formula is C19H20ClNO4. The van der Waals surface area contributed by atoms with E-state index in [0.29, 0.717) is 33.5 Å². The molecule has 1 N–H and O–H groups in total. The van der Waals surface area contributed by atoms with E-state index in [1.165, 1.54) is 20.3 Å². The number of anilines is 1. The Morgan fingerprint density at radius 1 is 1.04 bits per heavy atom. The summed E-state index contributed by atoms with van der Waals surface area (Å²) in [6.07, 6.45) is 3.07. The summed E-state index contributed by atoms with van der Waals surface area (Å²) in [7, 11) is 4.61. The Kier molecular flexibility index (Phi) is 6.31. The molecule has 0 spiro atoms. The highest BCUT2D eigenvalue weighted by Gasteiger charge is 2.14. The van der Waals surface area contributed by atoms with Crippen molar-refractivity contribution < 1.29 is 19.0 Å². The number of amides is 1. The number of carbonyl (C=O) groups is 1. The fraction of sp³-hybridized carbons (Fsp3) is 0.211. The van der Waals surface area contributed by atoms with Gasteiger partial charge in [0.1, 0.15) is 0 Å². The van der Waals surface area contributed by atoms with Crippen LogP contribution in [0.25, 0.3) is 6.08 Å². The van der Waals surface area contributed by atoms with Gasteiger partial charge in [-0.15, -0.1) is 0 Å². The number of nitrogens with one attached hydrogen (secondary N) is 1. The standard InChI is InChI=1S/C19H20ClNO4/c1-12-5-8-14(20)11-15(12)21-17(22)10-7-13-6-9-16(23-2)19(25-4)18(13)24-3/h5-11H,1-4H3,(H,21,22). The first-order valence-electron chi connectivity index (χ1n) is 7.54. The van der Waals surface area contributed by atoms with E-state index in [1.54, 1.807) is 37.5 Å². The summed E-state index contributed by atoms with van der Waals surface area (Å²) >= 11 is 5.96. The van der Waals surface area contributed by atoms with Gasteiger partial charge < -0.3 is 19.5 Å². The van der Waals surface area contributed by atoms with Crippen molar-refractivity contribution in [1.29, 1.82) is 0 Å². The maximum absolute atomic E-state index is 12.2. The number of ether oxygens (including phenoxy) is 3. The monoisotopic (exact) mass is 361 g/mol. The quantitative estimate of drug-likeness (QED) is 0.778. The number of rotatable bonds is 6. The van der Waals surface area contributed by atoms with Gasteiger partial charge in [0.25, 0.3) is 0 Å². The molecular weight excluding hydrogens is 342 g/mol. The van der Waals surface area contributed by atoms with E-state index in [0.717, 1.165) is 5.56 Å². The lowest BCUT2D eigenvalue weighted by Crippen LogP contribution is -2.09. The van der Waals surface area contributed by atoms with Crippen molar-refractivity contribution in [2.45, 2.75) is 6.92 Å². The molecule has 0 fully saturated rings. The lowest BCUT2D eigenvalue weighted by atomic mass is 10.1. The topological polar surface area (TPSA) is 56.8 Å². The lowest BCUT2D eigenvalue weighted by molar-refractivity contribution is -0.111. The Labute approximate surface area is 152 Å². The molecule has 2 rings (SSSR count). The van der Waals surface area contributed by atoms with Gasteiger partial charge in [0.2, 0.25) is 11.7 Å². The molecule has 0 aliphatic heterocycles. The summed E-state index contributed by atoms with van der Waals surface area (Å²) < 4.78 is 16.0. The molecule has 2 aromatic carbocycles. The van der Waals surface area contributed by atoms with Crippen molar-refractivity contribution in [2.24, 2.45) is 0 Å². The van der Waals surface area contributed by atoms with Gasteiger partial charge in [-0.05, 0) is 42.8 Å². The maximum atomic E-state index is 12.2. The van der Waals surface area contributed by atoms with Gasteiger partial charge in [-0.3, -0.25) is 4.79 Å². The molecule has 0 atom stereocenters. The molecule has 0 unspecified atom stereocenters. The highest BCUT2D eigenvalue weighted by Crippen LogP contribution is 2.40. The minimum atomic E-state index is -0.276. The predicted molar refractivity (Wildman–Crippen MR) is 100.0 cm³/mol. The minimum absolute atomic E-state index is 0.276. The summed E-state index contributed by atoms with van der Waals surface area (Å²) in [5, 5.41) is 3.36. The number of carbonyl (C=O) groups excluding carboxylic acids is 1. The fourth-order valence-electron chi connectivity index (χ4n) is 2.32. The van der Waals surface area contributed by atoms with E-state index >= 15 is 0 Å². The van der Waals surface area contributed by atoms with E-state index in [4.69, 9.17) is 25.8 Å². The molecule has 2 aromatic rings. The van der Waals surface area contributed by atoms with Gasteiger partial charge in [-0.25, -0.2) is 0 Å². The third-order valence-electron chi connectivity index (χ3n) is 3.61. The SMILES string of the molecule is COc1ccc(C=CC(=O)Nc2cc(Cl)ccc2C)c(OC)c1OC. The third kappa shape index (κ3) is 4.45. The largest absolute Gasteiger partial charge is 0.493 e. The van der Waals surface area contributed by atoms with E-state index in [-0.39, 0.29) is 5.91 Å². The minimum Gasteiger partial charge on any atom is -0.493 e. The van der Waals surface area contributed by atoms with Crippen LogP contribution in [0.15, 0.2) is 36.4 Å². The summed E-state index contributed by atoms with van der Waals surface area (Å²) in [4.78, 5) is 12.2. The number of methoxy groups -OCH3 is 3. The zero-order chi connectivity index (χ0) is 18.4. The predicted octanol–water partition coefficient (Wildman–Crippen LogP) is 4.33. The number of benzene rings is 2.